The van der Waals surface area contributed by atoms with Crippen LogP contribution in [-0.4, -0.2) is 44.6 Å². The molecule has 1 aliphatic rings. The molecule has 30 heavy (non-hydrogen) atoms. The first kappa shape index (κ1) is 22.0. The molecule has 2 aromatic rings. The largest absolute Gasteiger partial charge is 0.484 e. The number of hydrogen-bond acceptors (Lipinski definition) is 5. The summed E-state index contributed by atoms with van der Waals surface area (Å²) in [7, 11) is -1.93. The van der Waals surface area contributed by atoms with Gasteiger partial charge in [0.2, 0.25) is 10.0 Å². The number of aldehydes is 1. The van der Waals surface area contributed by atoms with Crippen LogP contribution in [0, 0.1) is 0 Å². The molecule has 1 saturated carbocycles. The van der Waals surface area contributed by atoms with Crippen molar-refractivity contribution >= 4 is 27.9 Å². The summed E-state index contributed by atoms with van der Waals surface area (Å²) >= 11 is 0. The van der Waals surface area contributed by atoms with E-state index in [1.807, 2.05) is 0 Å². The third kappa shape index (κ3) is 5.46. The summed E-state index contributed by atoms with van der Waals surface area (Å²) in [6.07, 6.45) is 5.78. The number of anilines is 1. The minimum absolute atomic E-state index is 0.0425. The third-order valence-electron chi connectivity index (χ3n) is 5.29. The number of benzene rings is 2. The Morgan fingerprint density at radius 3 is 2.30 bits per heavy atom. The van der Waals surface area contributed by atoms with Gasteiger partial charge in [-0.3, -0.25) is 9.59 Å². The van der Waals surface area contributed by atoms with Crippen molar-refractivity contribution < 1.29 is 22.7 Å². The second-order valence-electron chi connectivity index (χ2n) is 7.36. The molecule has 1 N–H and O–H groups in total. The highest BCUT2D eigenvalue weighted by molar-refractivity contribution is 7.89. The molecule has 1 fully saturated rings. The average Bonchev–Trinajstić information content (AvgIpc) is 2.78. The molecular weight excluding hydrogens is 404 g/mol. The van der Waals surface area contributed by atoms with Crippen LogP contribution in [0.5, 0.6) is 5.75 Å². The summed E-state index contributed by atoms with van der Waals surface area (Å²) in [6.45, 7) is -0.203. The number of carbonyl (C=O) groups excluding carboxylic acids is 2. The molecule has 0 atom stereocenters. The van der Waals surface area contributed by atoms with Gasteiger partial charge in [0.05, 0.1) is 4.90 Å². The predicted molar refractivity (Wildman–Crippen MR) is 114 cm³/mol. The highest BCUT2D eigenvalue weighted by atomic mass is 32.2. The predicted octanol–water partition coefficient (Wildman–Crippen LogP) is 3.47. The fraction of sp³-hybridized carbons (Fsp3) is 0.364. The quantitative estimate of drug-likeness (QED) is 0.648. The average molecular weight is 431 g/mol. The lowest BCUT2D eigenvalue weighted by atomic mass is 9.96. The molecule has 0 aliphatic heterocycles. The van der Waals surface area contributed by atoms with Crippen molar-refractivity contribution in [2.45, 2.75) is 43.0 Å². The SMILES string of the molecule is CN(C1CCCCC1)S(=O)(=O)c1ccc(NC(=O)COc2ccc(C=O)cc2)cc1. The van der Waals surface area contributed by atoms with Gasteiger partial charge in [-0.05, 0) is 61.4 Å². The van der Waals surface area contributed by atoms with Crippen molar-refractivity contribution in [1.82, 2.24) is 4.31 Å². The van der Waals surface area contributed by atoms with Crippen LogP contribution in [0.2, 0.25) is 0 Å². The normalized spacial score (nSPS) is 15.0. The molecule has 0 aromatic heterocycles. The maximum absolute atomic E-state index is 12.9. The van der Waals surface area contributed by atoms with Crippen LogP contribution in [-0.2, 0) is 14.8 Å². The number of nitrogens with one attached hydrogen (secondary N) is 1. The molecule has 8 heteroatoms. The minimum atomic E-state index is -3.56. The zero-order valence-corrected chi connectivity index (χ0v) is 17.7. The molecule has 7 nitrogen and oxygen atoms in total. The van der Waals surface area contributed by atoms with Gasteiger partial charge in [-0.2, -0.15) is 4.31 Å². The number of ether oxygens (including phenoxy) is 1. The Hall–Kier alpha value is -2.71. The standard InChI is InChI=1S/C22H26N2O5S/c1-24(19-5-3-2-4-6-19)30(27,28)21-13-9-18(10-14-21)23-22(26)16-29-20-11-7-17(15-25)8-12-20/h7-15,19H,2-6,16H2,1H3,(H,23,26). The summed E-state index contributed by atoms with van der Waals surface area (Å²) in [6, 6.07) is 12.6. The van der Waals surface area contributed by atoms with E-state index in [4.69, 9.17) is 4.74 Å². The zero-order valence-electron chi connectivity index (χ0n) is 16.9. The van der Waals surface area contributed by atoms with Crippen LogP contribution < -0.4 is 10.1 Å². The van der Waals surface area contributed by atoms with Crippen LogP contribution in [0.1, 0.15) is 42.5 Å². The molecule has 160 valence electrons. The smallest absolute Gasteiger partial charge is 0.262 e. The summed E-state index contributed by atoms with van der Waals surface area (Å²) in [5, 5.41) is 2.68. The highest BCUT2D eigenvalue weighted by Crippen LogP contribution is 2.27. The van der Waals surface area contributed by atoms with Crippen molar-refractivity contribution in [2.75, 3.05) is 19.0 Å². The Morgan fingerprint density at radius 2 is 1.70 bits per heavy atom. The molecule has 0 saturated heterocycles. The Balaban J connectivity index is 1.56. The molecule has 0 heterocycles. The van der Waals surface area contributed by atoms with E-state index in [1.54, 1.807) is 43.4 Å². The monoisotopic (exact) mass is 430 g/mol. The van der Waals surface area contributed by atoms with E-state index in [0.717, 1.165) is 38.4 Å². The van der Waals surface area contributed by atoms with Gasteiger partial charge in [0, 0.05) is 24.3 Å². The highest BCUT2D eigenvalue weighted by Gasteiger charge is 2.28. The van der Waals surface area contributed by atoms with Crippen LogP contribution >= 0.6 is 0 Å². The van der Waals surface area contributed by atoms with E-state index in [9.17, 15) is 18.0 Å². The molecule has 1 amide bonds. The molecule has 2 aromatic carbocycles. The van der Waals surface area contributed by atoms with Gasteiger partial charge in [0.25, 0.3) is 5.91 Å². The first-order valence-electron chi connectivity index (χ1n) is 9.96. The van der Waals surface area contributed by atoms with Gasteiger partial charge >= 0.3 is 0 Å². The van der Waals surface area contributed by atoms with Gasteiger partial charge in [-0.1, -0.05) is 19.3 Å². The van der Waals surface area contributed by atoms with Crippen molar-refractivity contribution in [2.24, 2.45) is 0 Å². The second-order valence-corrected chi connectivity index (χ2v) is 9.36. The number of hydrogen-bond donors (Lipinski definition) is 1. The summed E-state index contributed by atoms with van der Waals surface area (Å²) < 4.78 is 32.6. The van der Waals surface area contributed by atoms with E-state index in [1.165, 1.54) is 16.4 Å². The van der Waals surface area contributed by atoms with Crippen LogP contribution in [0.3, 0.4) is 0 Å². The molecule has 1 aliphatic carbocycles. The molecule has 0 spiro atoms. The lowest BCUT2D eigenvalue weighted by Gasteiger charge is -2.30. The molecule has 0 bridgehead atoms. The number of amides is 1. The van der Waals surface area contributed by atoms with Crippen molar-refractivity contribution in [3.63, 3.8) is 0 Å². The van der Waals surface area contributed by atoms with E-state index >= 15 is 0 Å². The summed E-state index contributed by atoms with van der Waals surface area (Å²) in [4.78, 5) is 22.9. The van der Waals surface area contributed by atoms with Crippen LogP contribution in [0.4, 0.5) is 5.69 Å². The summed E-state index contributed by atoms with van der Waals surface area (Å²) in [5.74, 6) is 0.104. The van der Waals surface area contributed by atoms with Gasteiger partial charge in [-0.15, -0.1) is 0 Å². The number of rotatable bonds is 8. The Morgan fingerprint density at radius 1 is 1.07 bits per heavy atom. The first-order valence-corrected chi connectivity index (χ1v) is 11.4. The second kappa shape index (κ2) is 9.86. The lowest BCUT2D eigenvalue weighted by Crippen LogP contribution is -2.38. The minimum Gasteiger partial charge on any atom is -0.484 e. The van der Waals surface area contributed by atoms with E-state index in [0.29, 0.717) is 17.0 Å². The van der Waals surface area contributed by atoms with E-state index in [-0.39, 0.29) is 23.5 Å². The Kier molecular flexibility index (Phi) is 7.23. The van der Waals surface area contributed by atoms with E-state index < -0.39 is 10.0 Å². The molecule has 3 rings (SSSR count). The van der Waals surface area contributed by atoms with Gasteiger partial charge in [0.1, 0.15) is 12.0 Å². The topological polar surface area (TPSA) is 92.8 Å². The number of nitrogens with zero attached hydrogens (tertiary/aromatic N) is 1. The maximum atomic E-state index is 12.9. The number of sulfonamides is 1. The van der Waals surface area contributed by atoms with Crippen molar-refractivity contribution in [3.8, 4) is 5.75 Å². The van der Waals surface area contributed by atoms with Gasteiger partial charge in [0.15, 0.2) is 6.61 Å². The van der Waals surface area contributed by atoms with Crippen LogP contribution in [0.25, 0.3) is 0 Å². The maximum Gasteiger partial charge on any atom is 0.262 e. The molecule has 0 unspecified atom stereocenters. The Bertz CT molecular complexity index is 966. The van der Waals surface area contributed by atoms with Crippen LogP contribution in [0.15, 0.2) is 53.4 Å². The third-order valence-corrected chi connectivity index (χ3v) is 7.21. The van der Waals surface area contributed by atoms with E-state index in [2.05, 4.69) is 5.32 Å². The first-order chi connectivity index (χ1) is 14.4. The fourth-order valence-electron chi connectivity index (χ4n) is 3.51. The van der Waals surface area contributed by atoms with Crippen molar-refractivity contribution in [3.05, 3.63) is 54.1 Å². The van der Waals surface area contributed by atoms with Gasteiger partial charge in [-0.25, -0.2) is 8.42 Å². The Labute approximate surface area is 177 Å². The zero-order chi connectivity index (χ0) is 21.6. The molecular formula is C22H26N2O5S. The fourth-order valence-corrected chi connectivity index (χ4v) is 4.92. The summed E-state index contributed by atoms with van der Waals surface area (Å²) in [5.41, 5.74) is 1.01. The number of carbonyl (C=O) groups is 2. The van der Waals surface area contributed by atoms with Gasteiger partial charge < -0.3 is 10.1 Å². The van der Waals surface area contributed by atoms with Crippen molar-refractivity contribution in [1.29, 1.82) is 0 Å². The molecule has 0 radical (unpaired) electrons. The lowest BCUT2D eigenvalue weighted by molar-refractivity contribution is -0.118.